The van der Waals surface area contributed by atoms with Crippen LogP contribution in [0.5, 0.6) is 5.75 Å². The van der Waals surface area contributed by atoms with Gasteiger partial charge in [-0.25, -0.2) is 13.4 Å². The molecule has 2 aromatic carbocycles. The summed E-state index contributed by atoms with van der Waals surface area (Å²) in [5.41, 5.74) is 2.80. The quantitative estimate of drug-likeness (QED) is 0.425. The van der Waals surface area contributed by atoms with Gasteiger partial charge in [0.2, 0.25) is 0 Å². The topological polar surface area (TPSA) is 104 Å². The summed E-state index contributed by atoms with van der Waals surface area (Å²) >= 11 is 0. The van der Waals surface area contributed by atoms with Crippen molar-refractivity contribution in [1.29, 1.82) is 0 Å². The number of phenols is 1. The van der Waals surface area contributed by atoms with E-state index in [4.69, 9.17) is 0 Å². The first-order valence-corrected chi connectivity index (χ1v) is 11.5. The molecule has 0 aliphatic carbocycles. The Kier molecular flexibility index (Phi) is 6.70. The number of rotatable bonds is 7. The molecule has 0 spiro atoms. The highest BCUT2D eigenvalue weighted by molar-refractivity contribution is 7.92. The lowest BCUT2D eigenvalue weighted by molar-refractivity contribution is 0.454. The number of hydrogen-bond acceptors (Lipinski definition) is 6. The van der Waals surface area contributed by atoms with Gasteiger partial charge in [0.25, 0.3) is 10.0 Å². The zero-order chi connectivity index (χ0) is 22.6. The van der Waals surface area contributed by atoms with Crippen LogP contribution in [0.15, 0.2) is 75.9 Å². The van der Waals surface area contributed by atoms with Crippen LogP contribution in [0.25, 0.3) is 0 Å². The molecule has 0 saturated heterocycles. The summed E-state index contributed by atoms with van der Waals surface area (Å²) in [5, 5.41) is 19.0. The Labute approximate surface area is 183 Å². The van der Waals surface area contributed by atoms with Crippen LogP contribution in [-0.2, 0) is 10.0 Å². The molecule has 0 unspecified atom stereocenters. The molecule has 0 radical (unpaired) electrons. The Bertz CT molecular complexity index is 1140. The molecule has 0 bridgehead atoms. The van der Waals surface area contributed by atoms with Crippen LogP contribution in [-0.4, -0.2) is 18.5 Å². The van der Waals surface area contributed by atoms with E-state index < -0.39 is 10.0 Å². The first-order valence-electron chi connectivity index (χ1n) is 10.00. The molecule has 3 rings (SSSR count). The fourth-order valence-corrected chi connectivity index (χ4v) is 4.04. The van der Waals surface area contributed by atoms with Crippen LogP contribution in [0, 0.1) is 0 Å². The normalized spacial score (nSPS) is 12.1. The van der Waals surface area contributed by atoms with E-state index in [2.05, 4.69) is 19.9 Å². The van der Waals surface area contributed by atoms with Gasteiger partial charge in [-0.05, 0) is 71.5 Å². The van der Waals surface area contributed by atoms with Gasteiger partial charge in [-0.15, -0.1) is 0 Å². The van der Waals surface area contributed by atoms with Crippen LogP contribution in [0.4, 0.5) is 17.2 Å². The van der Waals surface area contributed by atoms with Crippen molar-refractivity contribution in [2.45, 2.75) is 44.4 Å². The van der Waals surface area contributed by atoms with Gasteiger partial charge in [-0.1, -0.05) is 33.8 Å². The number of azo groups is 1. The minimum atomic E-state index is -3.74. The SMILES string of the molecule is CC(C)c1cc(N=Nc2ccc(S(=O)(=O)Nc3ccccn3)cc2)cc(C(C)C)c1O. The van der Waals surface area contributed by atoms with Crippen molar-refractivity contribution in [3.63, 3.8) is 0 Å². The lowest BCUT2D eigenvalue weighted by atomic mass is 9.93. The Morgan fingerprint density at radius 3 is 1.97 bits per heavy atom. The third kappa shape index (κ3) is 5.46. The molecule has 1 aromatic heterocycles. The second kappa shape index (κ2) is 9.26. The number of phenolic OH excluding ortho intramolecular Hbond substituents is 1. The third-order valence-corrected chi connectivity index (χ3v) is 6.10. The lowest BCUT2D eigenvalue weighted by Crippen LogP contribution is -2.13. The molecular weight excluding hydrogens is 412 g/mol. The maximum atomic E-state index is 12.5. The van der Waals surface area contributed by atoms with Gasteiger partial charge in [0.15, 0.2) is 0 Å². The van der Waals surface area contributed by atoms with E-state index in [0.29, 0.717) is 17.1 Å². The van der Waals surface area contributed by atoms with E-state index in [1.54, 1.807) is 30.3 Å². The van der Waals surface area contributed by atoms with Crippen molar-refractivity contribution in [3.05, 3.63) is 71.9 Å². The molecule has 0 aliphatic rings. The van der Waals surface area contributed by atoms with Crippen molar-refractivity contribution in [2.75, 3.05) is 4.72 Å². The number of nitrogens with zero attached hydrogens (tertiary/aromatic N) is 3. The number of aromatic hydroxyl groups is 1. The summed E-state index contributed by atoms with van der Waals surface area (Å²) in [6, 6.07) is 14.7. The Morgan fingerprint density at radius 1 is 0.871 bits per heavy atom. The largest absolute Gasteiger partial charge is 0.507 e. The van der Waals surface area contributed by atoms with E-state index in [9.17, 15) is 13.5 Å². The summed E-state index contributed by atoms with van der Waals surface area (Å²) in [6.45, 7) is 8.05. The molecule has 31 heavy (non-hydrogen) atoms. The van der Waals surface area contributed by atoms with Gasteiger partial charge in [-0.3, -0.25) is 4.72 Å². The number of aromatic nitrogens is 1. The molecular formula is C23H26N4O3S. The average molecular weight is 439 g/mol. The number of pyridine rings is 1. The van der Waals surface area contributed by atoms with Crippen molar-refractivity contribution in [1.82, 2.24) is 4.98 Å². The first kappa shape index (κ1) is 22.4. The molecule has 0 saturated carbocycles. The van der Waals surface area contributed by atoms with Crippen molar-refractivity contribution in [3.8, 4) is 5.75 Å². The Balaban J connectivity index is 1.83. The zero-order valence-electron chi connectivity index (χ0n) is 17.9. The van der Waals surface area contributed by atoms with Gasteiger partial charge in [0.1, 0.15) is 11.6 Å². The van der Waals surface area contributed by atoms with E-state index in [1.807, 2.05) is 39.8 Å². The maximum Gasteiger partial charge on any atom is 0.263 e. The number of nitrogens with one attached hydrogen (secondary N) is 1. The van der Waals surface area contributed by atoms with Crippen LogP contribution in [0.1, 0.15) is 50.7 Å². The van der Waals surface area contributed by atoms with Crippen LogP contribution in [0.2, 0.25) is 0 Å². The van der Waals surface area contributed by atoms with Gasteiger partial charge in [-0.2, -0.15) is 10.2 Å². The minimum absolute atomic E-state index is 0.103. The standard InChI is InChI=1S/C23H26N4O3S/c1-15(2)20-13-18(14-21(16(3)4)23(20)28)26-25-17-8-10-19(11-9-17)31(29,30)27-22-7-5-6-12-24-22/h5-16,28H,1-4H3,(H,24,27). The maximum absolute atomic E-state index is 12.5. The molecule has 7 nitrogen and oxygen atoms in total. The zero-order valence-corrected chi connectivity index (χ0v) is 18.8. The molecule has 0 fully saturated rings. The van der Waals surface area contributed by atoms with Crippen LogP contribution >= 0.6 is 0 Å². The number of anilines is 1. The molecule has 162 valence electrons. The fraction of sp³-hybridized carbons (Fsp3) is 0.261. The molecule has 1 heterocycles. The first-order chi connectivity index (χ1) is 14.7. The summed E-state index contributed by atoms with van der Waals surface area (Å²) in [6.07, 6.45) is 1.51. The molecule has 0 amide bonds. The number of sulfonamides is 1. The van der Waals surface area contributed by atoms with Gasteiger partial charge >= 0.3 is 0 Å². The summed E-state index contributed by atoms with van der Waals surface area (Å²) < 4.78 is 27.4. The predicted molar refractivity (Wildman–Crippen MR) is 122 cm³/mol. The second-order valence-electron chi connectivity index (χ2n) is 7.80. The monoisotopic (exact) mass is 438 g/mol. The van der Waals surface area contributed by atoms with Crippen LogP contribution < -0.4 is 4.72 Å². The lowest BCUT2D eigenvalue weighted by Gasteiger charge is -2.15. The highest BCUT2D eigenvalue weighted by atomic mass is 32.2. The predicted octanol–water partition coefficient (Wildman–Crippen LogP) is 6.25. The molecule has 3 aromatic rings. The highest BCUT2D eigenvalue weighted by Gasteiger charge is 2.16. The van der Waals surface area contributed by atoms with Gasteiger partial charge in [0.05, 0.1) is 16.3 Å². The smallest absolute Gasteiger partial charge is 0.263 e. The highest BCUT2D eigenvalue weighted by Crippen LogP contribution is 2.37. The fourth-order valence-electron chi connectivity index (χ4n) is 3.03. The molecule has 0 aliphatic heterocycles. The number of benzene rings is 2. The van der Waals surface area contributed by atoms with E-state index in [0.717, 1.165) is 11.1 Å². The van der Waals surface area contributed by atoms with Gasteiger partial charge < -0.3 is 5.11 Å². The minimum Gasteiger partial charge on any atom is -0.507 e. The number of hydrogen-bond donors (Lipinski definition) is 2. The van der Waals surface area contributed by atoms with Crippen molar-refractivity contribution >= 4 is 27.2 Å². The average Bonchev–Trinajstić information content (AvgIpc) is 2.73. The van der Waals surface area contributed by atoms with E-state index in [1.165, 1.54) is 18.3 Å². The van der Waals surface area contributed by atoms with E-state index >= 15 is 0 Å². The van der Waals surface area contributed by atoms with E-state index in [-0.39, 0.29) is 22.5 Å². The molecule has 8 heteroatoms. The van der Waals surface area contributed by atoms with Crippen molar-refractivity contribution < 1.29 is 13.5 Å². The second-order valence-corrected chi connectivity index (χ2v) is 9.48. The Hall–Kier alpha value is -3.26. The van der Waals surface area contributed by atoms with Crippen LogP contribution in [0.3, 0.4) is 0 Å². The molecule has 2 N–H and O–H groups in total. The van der Waals surface area contributed by atoms with Crippen molar-refractivity contribution in [2.24, 2.45) is 10.2 Å². The summed E-state index contributed by atoms with van der Waals surface area (Å²) in [4.78, 5) is 4.08. The summed E-state index contributed by atoms with van der Waals surface area (Å²) in [5.74, 6) is 0.840. The van der Waals surface area contributed by atoms with Gasteiger partial charge in [0, 0.05) is 6.20 Å². The molecule has 0 atom stereocenters. The Morgan fingerprint density at radius 2 is 1.45 bits per heavy atom. The summed E-state index contributed by atoms with van der Waals surface area (Å²) in [7, 11) is -3.74. The third-order valence-electron chi connectivity index (χ3n) is 4.73.